The maximum atomic E-state index is 12.5. The Labute approximate surface area is 152 Å². The van der Waals surface area contributed by atoms with E-state index in [-0.39, 0.29) is 23.1 Å². The maximum absolute atomic E-state index is 12.5. The van der Waals surface area contributed by atoms with E-state index in [2.05, 4.69) is 22.8 Å². The Balaban J connectivity index is 1.55. The minimum Gasteiger partial charge on any atom is -0.354 e. The molecular weight excluding hydrogens is 332 g/mol. The van der Waals surface area contributed by atoms with Gasteiger partial charge in [0.1, 0.15) is 0 Å². The number of carbonyl (C=O) groups excluding carboxylic acids is 2. The van der Waals surface area contributed by atoms with Crippen molar-refractivity contribution in [2.24, 2.45) is 0 Å². The van der Waals surface area contributed by atoms with Crippen molar-refractivity contribution in [3.63, 3.8) is 0 Å². The molecule has 2 amide bonds. The number of amides is 2. The van der Waals surface area contributed by atoms with Crippen molar-refractivity contribution in [2.75, 3.05) is 5.32 Å². The van der Waals surface area contributed by atoms with Crippen LogP contribution in [0.5, 0.6) is 0 Å². The van der Waals surface area contributed by atoms with Crippen LogP contribution >= 0.6 is 11.8 Å². The maximum Gasteiger partial charge on any atom is 0.238 e. The number of nitrogens with one attached hydrogen (secondary N) is 2. The highest BCUT2D eigenvalue weighted by molar-refractivity contribution is 8.01. The van der Waals surface area contributed by atoms with Crippen LogP contribution in [-0.2, 0) is 22.4 Å². The Hall–Kier alpha value is -2.27. The van der Waals surface area contributed by atoms with E-state index >= 15 is 0 Å². The minimum absolute atomic E-state index is 0.00639. The molecule has 0 saturated carbocycles. The molecule has 1 unspecified atom stereocenters. The summed E-state index contributed by atoms with van der Waals surface area (Å²) in [5.74, 6) is 0.0263. The van der Waals surface area contributed by atoms with Crippen LogP contribution in [0.3, 0.4) is 0 Å². The SMILES string of the molecule is CC(C)NC(=O)Cc1ccc(NC(=O)C2Cc3ccccc3S2)cc1. The highest BCUT2D eigenvalue weighted by Crippen LogP contribution is 2.37. The molecule has 1 atom stereocenters. The smallest absolute Gasteiger partial charge is 0.238 e. The van der Waals surface area contributed by atoms with Crippen molar-refractivity contribution < 1.29 is 9.59 Å². The number of rotatable bonds is 5. The highest BCUT2D eigenvalue weighted by atomic mass is 32.2. The van der Waals surface area contributed by atoms with E-state index in [1.807, 2.05) is 50.2 Å². The zero-order valence-electron chi connectivity index (χ0n) is 14.4. The normalized spacial score (nSPS) is 15.7. The lowest BCUT2D eigenvalue weighted by Crippen LogP contribution is -2.31. The molecule has 130 valence electrons. The molecule has 0 fully saturated rings. The van der Waals surface area contributed by atoms with Gasteiger partial charge in [-0.1, -0.05) is 30.3 Å². The second kappa shape index (κ2) is 7.74. The van der Waals surface area contributed by atoms with Gasteiger partial charge in [0.2, 0.25) is 11.8 Å². The quantitative estimate of drug-likeness (QED) is 0.865. The van der Waals surface area contributed by atoms with Gasteiger partial charge in [-0.3, -0.25) is 9.59 Å². The molecule has 0 aliphatic carbocycles. The lowest BCUT2D eigenvalue weighted by Gasteiger charge is -2.11. The number of thioether (sulfide) groups is 1. The minimum atomic E-state index is -0.0890. The second-order valence-electron chi connectivity index (χ2n) is 6.50. The van der Waals surface area contributed by atoms with E-state index in [0.717, 1.165) is 17.7 Å². The molecule has 5 heteroatoms. The van der Waals surface area contributed by atoms with Crippen LogP contribution in [0.2, 0.25) is 0 Å². The van der Waals surface area contributed by atoms with Gasteiger partial charge in [-0.05, 0) is 49.6 Å². The monoisotopic (exact) mass is 354 g/mol. The number of benzene rings is 2. The molecule has 25 heavy (non-hydrogen) atoms. The van der Waals surface area contributed by atoms with Crippen molar-refractivity contribution >= 4 is 29.3 Å². The molecule has 0 radical (unpaired) electrons. The molecule has 0 saturated heterocycles. The summed E-state index contributed by atoms with van der Waals surface area (Å²) in [7, 11) is 0. The van der Waals surface area contributed by atoms with Crippen molar-refractivity contribution in [3.8, 4) is 0 Å². The predicted octanol–water partition coefficient (Wildman–Crippen LogP) is 3.41. The molecule has 2 aromatic rings. The van der Waals surface area contributed by atoms with Crippen LogP contribution in [0.4, 0.5) is 5.69 Å². The molecule has 2 N–H and O–H groups in total. The van der Waals surface area contributed by atoms with Crippen LogP contribution in [0, 0.1) is 0 Å². The average molecular weight is 354 g/mol. The summed E-state index contributed by atoms with van der Waals surface area (Å²) in [4.78, 5) is 25.4. The van der Waals surface area contributed by atoms with Gasteiger partial charge in [-0.25, -0.2) is 0 Å². The molecular formula is C20H22N2O2S. The third-order valence-electron chi connectivity index (χ3n) is 3.98. The van der Waals surface area contributed by atoms with Gasteiger partial charge in [0, 0.05) is 16.6 Å². The Morgan fingerprint density at radius 2 is 1.84 bits per heavy atom. The molecule has 2 aromatic carbocycles. The van der Waals surface area contributed by atoms with E-state index in [4.69, 9.17) is 0 Å². The van der Waals surface area contributed by atoms with Gasteiger partial charge in [-0.2, -0.15) is 0 Å². The van der Waals surface area contributed by atoms with Gasteiger partial charge in [0.25, 0.3) is 0 Å². The van der Waals surface area contributed by atoms with Crippen molar-refractivity contribution in [1.82, 2.24) is 5.32 Å². The van der Waals surface area contributed by atoms with Gasteiger partial charge < -0.3 is 10.6 Å². The number of hydrogen-bond acceptors (Lipinski definition) is 3. The van der Waals surface area contributed by atoms with Crippen molar-refractivity contribution in [3.05, 3.63) is 59.7 Å². The Morgan fingerprint density at radius 3 is 2.52 bits per heavy atom. The van der Waals surface area contributed by atoms with Gasteiger partial charge in [-0.15, -0.1) is 11.8 Å². The van der Waals surface area contributed by atoms with Crippen LogP contribution in [-0.4, -0.2) is 23.1 Å². The highest BCUT2D eigenvalue weighted by Gasteiger charge is 2.27. The number of carbonyl (C=O) groups is 2. The van der Waals surface area contributed by atoms with Crippen LogP contribution in [0.15, 0.2) is 53.4 Å². The first-order valence-corrected chi connectivity index (χ1v) is 9.33. The summed E-state index contributed by atoms with van der Waals surface area (Å²) >= 11 is 1.62. The zero-order valence-corrected chi connectivity index (χ0v) is 15.2. The first-order valence-electron chi connectivity index (χ1n) is 8.45. The summed E-state index contributed by atoms with van der Waals surface area (Å²) in [5.41, 5.74) is 2.92. The summed E-state index contributed by atoms with van der Waals surface area (Å²) < 4.78 is 0. The fourth-order valence-corrected chi connectivity index (χ4v) is 4.01. The van der Waals surface area contributed by atoms with Crippen LogP contribution < -0.4 is 10.6 Å². The van der Waals surface area contributed by atoms with E-state index in [0.29, 0.717) is 6.42 Å². The second-order valence-corrected chi connectivity index (χ2v) is 7.75. The first-order chi connectivity index (χ1) is 12.0. The summed E-state index contributed by atoms with van der Waals surface area (Å²) in [5, 5.41) is 5.75. The number of anilines is 1. The van der Waals surface area contributed by atoms with Gasteiger partial charge >= 0.3 is 0 Å². The standard InChI is InChI=1S/C20H22N2O2S/c1-13(2)21-19(23)11-14-7-9-16(10-8-14)22-20(24)18-12-15-5-3-4-6-17(15)25-18/h3-10,13,18H,11-12H2,1-2H3,(H,21,23)(H,22,24). The molecule has 1 heterocycles. The predicted molar refractivity (Wildman–Crippen MR) is 102 cm³/mol. The van der Waals surface area contributed by atoms with E-state index in [9.17, 15) is 9.59 Å². The van der Waals surface area contributed by atoms with E-state index < -0.39 is 0 Å². The summed E-state index contributed by atoms with van der Waals surface area (Å²) in [6.45, 7) is 3.88. The van der Waals surface area contributed by atoms with Crippen molar-refractivity contribution in [2.45, 2.75) is 42.9 Å². The molecule has 1 aliphatic rings. The third kappa shape index (κ3) is 4.63. The van der Waals surface area contributed by atoms with Crippen molar-refractivity contribution in [1.29, 1.82) is 0 Å². The van der Waals surface area contributed by atoms with Gasteiger partial charge in [0.15, 0.2) is 0 Å². The van der Waals surface area contributed by atoms with Crippen LogP contribution in [0.1, 0.15) is 25.0 Å². The topological polar surface area (TPSA) is 58.2 Å². The zero-order chi connectivity index (χ0) is 17.8. The first kappa shape index (κ1) is 17.5. The van der Waals surface area contributed by atoms with Gasteiger partial charge in [0.05, 0.1) is 11.7 Å². The van der Waals surface area contributed by atoms with E-state index in [1.54, 1.807) is 11.8 Å². The molecule has 1 aliphatic heterocycles. The van der Waals surface area contributed by atoms with E-state index in [1.165, 1.54) is 10.5 Å². The molecule has 0 bridgehead atoms. The fourth-order valence-electron chi connectivity index (χ4n) is 2.82. The largest absolute Gasteiger partial charge is 0.354 e. The third-order valence-corrected chi connectivity index (χ3v) is 5.29. The Morgan fingerprint density at radius 1 is 1.12 bits per heavy atom. The lowest BCUT2D eigenvalue weighted by atomic mass is 10.1. The number of hydrogen-bond donors (Lipinski definition) is 2. The van der Waals surface area contributed by atoms with Crippen LogP contribution in [0.25, 0.3) is 0 Å². The molecule has 4 nitrogen and oxygen atoms in total. The molecule has 3 rings (SSSR count). The lowest BCUT2D eigenvalue weighted by molar-refractivity contribution is -0.121. The average Bonchev–Trinajstić information content (AvgIpc) is 3.00. The Kier molecular flexibility index (Phi) is 5.43. The molecule has 0 aromatic heterocycles. The summed E-state index contributed by atoms with van der Waals surface area (Å²) in [6, 6.07) is 15.7. The fraction of sp³-hybridized carbons (Fsp3) is 0.300. The summed E-state index contributed by atoms with van der Waals surface area (Å²) in [6.07, 6.45) is 1.11. The molecule has 0 spiro atoms. The Bertz CT molecular complexity index is 747. The number of fused-ring (bicyclic) bond motifs is 1.